The average Bonchev–Trinajstić information content (AvgIpc) is 3.17. The van der Waals surface area contributed by atoms with E-state index in [4.69, 9.17) is 9.97 Å². The molecule has 1 unspecified atom stereocenters. The maximum atomic E-state index is 4.76. The number of aryl methyl sites for hydroxylation is 2. The minimum atomic E-state index is 0.215. The molecule has 0 bridgehead atoms. The van der Waals surface area contributed by atoms with Crippen LogP contribution in [-0.4, -0.2) is 26.5 Å². The first-order chi connectivity index (χ1) is 12.6. The summed E-state index contributed by atoms with van der Waals surface area (Å²) >= 11 is 1.57. The molecule has 1 atom stereocenters. The van der Waals surface area contributed by atoms with Crippen LogP contribution < -0.4 is 4.90 Å². The lowest BCUT2D eigenvalue weighted by atomic mass is 9.99. The molecular formula is C20H25N5S. The van der Waals surface area contributed by atoms with Gasteiger partial charge in [0.15, 0.2) is 5.82 Å². The molecule has 0 radical (unpaired) electrons. The summed E-state index contributed by atoms with van der Waals surface area (Å²) in [5.41, 5.74) is 7.27. The third kappa shape index (κ3) is 3.60. The Morgan fingerprint density at radius 2 is 1.92 bits per heavy atom. The zero-order valence-electron chi connectivity index (χ0n) is 16.0. The Morgan fingerprint density at radius 3 is 2.62 bits per heavy atom. The number of nitrogens with zero attached hydrogens (tertiary/aromatic N) is 5. The Bertz CT molecular complexity index is 856. The molecule has 3 aromatic heterocycles. The van der Waals surface area contributed by atoms with Crippen LogP contribution in [0.5, 0.6) is 0 Å². The maximum absolute atomic E-state index is 4.76. The normalized spacial score (nSPS) is 15.9. The number of anilines is 1. The van der Waals surface area contributed by atoms with Crippen LogP contribution in [-0.2, 0) is 6.42 Å². The van der Waals surface area contributed by atoms with Gasteiger partial charge >= 0.3 is 0 Å². The van der Waals surface area contributed by atoms with E-state index in [1.807, 2.05) is 37.9 Å². The number of pyridine rings is 1. The molecule has 0 aliphatic carbocycles. The van der Waals surface area contributed by atoms with Crippen molar-refractivity contribution >= 4 is 17.2 Å². The van der Waals surface area contributed by atoms with Crippen LogP contribution in [0.3, 0.4) is 0 Å². The molecule has 0 spiro atoms. The molecule has 1 aliphatic heterocycles. The van der Waals surface area contributed by atoms with E-state index in [-0.39, 0.29) is 6.04 Å². The topological polar surface area (TPSA) is 54.8 Å². The summed E-state index contributed by atoms with van der Waals surface area (Å²) in [4.78, 5) is 20.7. The second kappa shape index (κ2) is 7.91. The predicted molar refractivity (Wildman–Crippen MR) is 108 cm³/mol. The number of aromatic nitrogens is 4. The molecule has 136 valence electrons. The SMILES string of the molecule is CC.Cc1cc(C)nc(N2CCc3nc(-c4cscn4)ncc3C2C)c1. The molecule has 0 fully saturated rings. The number of hydrogen-bond acceptors (Lipinski definition) is 6. The summed E-state index contributed by atoms with van der Waals surface area (Å²) in [6.45, 7) is 11.3. The van der Waals surface area contributed by atoms with E-state index in [1.54, 1.807) is 11.3 Å². The summed E-state index contributed by atoms with van der Waals surface area (Å²) in [7, 11) is 0. The Labute approximate surface area is 159 Å². The van der Waals surface area contributed by atoms with Crippen molar-refractivity contribution in [3.05, 3.63) is 51.7 Å². The predicted octanol–water partition coefficient (Wildman–Crippen LogP) is 4.76. The molecule has 26 heavy (non-hydrogen) atoms. The molecule has 3 aromatic rings. The monoisotopic (exact) mass is 367 g/mol. The van der Waals surface area contributed by atoms with Crippen LogP contribution in [0.2, 0.25) is 0 Å². The molecule has 4 heterocycles. The highest BCUT2D eigenvalue weighted by molar-refractivity contribution is 7.07. The van der Waals surface area contributed by atoms with E-state index in [9.17, 15) is 0 Å². The highest BCUT2D eigenvalue weighted by atomic mass is 32.1. The zero-order valence-corrected chi connectivity index (χ0v) is 16.8. The van der Waals surface area contributed by atoms with Gasteiger partial charge in [-0.05, 0) is 38.5 Å². The van der Waals surface area contributed by atoms with Gasteiger partial charge in [0, 0.05) is 35.8 Å². The number of fused-ring (bicyclic) bond motifs is 1. The summed E-state index contributed by atoms with van der Waals surface area (Å²) in [6.07, 6.45) is 2.85. The van der Waals surface area contributed by atoms with Gasteiger partial charge in [-0.25, -0.2) is 19.9 Å². The van der Waals surface area contributed by atoms with Crippen molar-refractivity contribution < 1.29 is 0 Å². The lowest BCUT2D eigenvalue weighted by molar-refractivity contribution is 0.601. The van der Waals surface area contributed by atoms with Crippen molar-refractivity contribution in [3.63, 3.8) is 0 Å². The second-order valence-corrected chi connectivity index (χ2v) is 6.95. The van der Waals surface area contributed by atoms with E-state index < -0.39 is 0 Å². The number of thiazole rings is 1. The maximum Gasteiger partial charge on any atom is 0.179 e. The Balaban J connectivity index is 0.000000948. The minimum absolute atomic E-state index is 0.215. The van der Waals surface area contributed by atoms with Gasteiger partial charge < -0.3 is 4.90 Å². The molecule has 4 rings (SSSR count). The van der Waals surface area contributed by atoms with Crippen molar-refractivity contribution in [2.75, 3.05) is 11.4 Å². The lowest BCUT2D eigenvalue weighted by Gasteiger charge is -2.35. The third-order valence-corrected chi connectivity index (χ3v) is 5.03. The van der Waals surface area contributed by atoms with Crippen LogP contribution in [0.1, 0.15) is 49.3 Å². The van der Waals surface area contributed by atoms with Gasteiger partial charge in [-0.3, -0.25) is 0 Å². The van der Waals surface area contributed by atoms with Crippen LogP contribution in [0.15, 0.2) is 29.2 Å². The highest BCUT2D eigenvalue weighted by Crippen LogP contribution is 2.32. The van der Waals surface area contributed by atoms with Gasteiger partial charge in [0.25, 0.3) is 0 Å². The van der Waals surface area contributed by atoms with Gasteiger partial charge in [-0.2, -0.15) is 0 Å². The smallest absolute Gasteiger partial charge is 0.179 e. The number of rotatable bonds is 2. The fourth-order valence-electron chi connectivity index (χ4n) is 3.29. The molecule has 1 aliphatic rings. The van der Waals surface area contributed by atoms with Gasteiger partial charge in [0.05, 0.1) is 17.2 Å². The zero-order chi connectivity index (χ0) is 18.7. The van der Waals surface area contributed by atoms with Gasteiger partial charge in [0.2, 0.25) is 0 Å². The Hall–Kier alpha value is -2.34. The van der Waals surface area contributed by atoms with Gasteiger partial charge in [0.1, 0.15) is 11.5 Å². The molecule has 0 saturated carbocycles. The van der Waals surface area contributed by atoms with Crippen LogP contribution in [0.25, 0.3) is 11.5 Å². The van der Waals surface area contributed by atoms with E-state index >= 15 is 0 Å². The Kier molecular flexibility index (Phi) is 5.61. The first-order valence-corrected chi connectivity index (χ1v) is 10.0. The molecule has 0 aromatic carbocycles. The van der Waals surface area contributed by atoms with Crippen molar-refractivity contribution in [3.8, 4) is 11.5 Å². The van der Waals surface area contributed by atoms with Crippen LogP contribution in [0, 0.1) is 13.8 Å². The molecule has 6 heteroatoms. The fourth-order valence-corrected chi connectivity index (χ4v) is 3.82. The quantitative estimate of drug-likeness (QED) is 0.653. The van der Waals surface area contributed by atoms with Crippen molar-refractivity contribution in [2.24, 2.45) is 0 Å². The fraction of sp³-hybridized carbons (Fsp3) is 0.400. The number of hydrogen-bond donors (Lipinski definition) is 0. The molecule has 0 N–H and O–H groups in total. The lowest BCUT2D eigenvalue weighted by Crippen LogP contribution is -2.35. The van der Waals surface area contributed by atoms with Crippen molar-refractivity contribution in [1.29, 1.82) is 0 Å². The second-order valence-electron chi connectivity index (χ2n) is 6.23. The average molecular weight is 368 g/mol. The van der Waals surface area contributed by atoms with Gasteiger partial charge in [-0.1, -0.05) is 13.8 Å². The minimum Gasteiger partial charge on any atom is -0.349 e. The molecule has 5 nitrogen and oxygen atoms in total. The van der Waals surface area contributed by atoms with E-state index in [2.05, 4.69) is 40.8 Å². The summed E-state index contributed by atoms with van der Waals surface area (Å²) in [6, 6.07) is 4.47. The molecular weight excluding hydrogens is 342 g/mol. The highest BCUT2D eigenvalue weighted by Gasteiger charge is 2.27. The van der Waals surface area contributed by atoms with Crippen LogP contribution in [0.4, 0.5) is 5.82 Å². The van der Waals surface area contributed by atoms with E-state index in [0.29, 0.717) is 0 Å². The van der Waals surface area contributed by atoms with E-state index in [0.717, 1.165) is 41.7 Å². The molecule has 0 saturated heterocycles. The largest absolute Gasteiger partial charge is 0.349 e. The summed E-state index contributed by atoms with van der Waals surface area (Å²) in [5, 5.41) is 1.99. The van der Waals surface area contributed by atoms with Crippen molar-refractivity contribution in [1.82, 2.24) is 19.9 Å². The van der Waals surface area contributed by atoms with E-state index in [1.165, 1.54) is 11.1 Å². The third-order valence-electron chi connectivity index (χ3n) is 4.45. The van der Waals surface area contributed by atoms with Crippen LogP contribution >= 0.6 is 11.3 Å². The van der Waals surface area contributed by atoms with Crippen molar-refractivity contribution in [2.45, 2.75) is 47.1 Å². The Morgan fingerprint density at radius 1 is 1.12 bits per heavy atom. The standard InChI is InChI=1S/C18H19N5S.C2H6/c1-11-6-12(2)21-17(7-11)23-5-4-15-14(13(23)3)8-19-18(22-15)16-9-24-10-20-16;1-2/h6-10,13H,4-5H2,1-3H3;1-2H3. The first kappa shape index (κ1) is 18.5. The van der Waals surface area contributed by atoms with Gasteiger partial charge in [-0.15, -0.1) is 11.3 Å². The summed E-state index contributed by atoms with van der Waals surface area (Å²) < 4.78 is 0. The summed E-state index contributed by atoms with van der Waals surface area (Å²) in [5.74, 6) is 1.76. The molecule has 0 amide bonds. The first-order valence-electron chi connectivity index (χ1n) is 9.08.